The zero-order valence-corrected chi connectivity index (χ0v) is 14.5. The number of piperidine rings is 1. The van der Waals surface area contributed by atoms with Gasteiger partial charge in [0.15, 0.2) is 0 Å². The number of carbonyl (C=O) groups excluding carboxylic acids is 1. The summed E-state index contributed by atoms with van der Waals surface area (Å²) in [6, 6.07) is 7.83. The molecule has 130 valence electrons. The Labute approximate surface area is 144 Å². The quantitative estimate of drug-likeness (QED) is 0.904. The molecule has 1 saturated heterocycles. The van der Waals surface area contributed by atoms with Crippen molar-refractivity contribution in [1.29, 1.82) is 0 Å². The molecule has 0 aromatic heterocycles. The fraction of sp³-hybridized carbons (Fsp3) is 0.650. The average molecular weight is 328 g/mol. The molecular formula is C20H28N2O2. The van der Waals surface area contributed by atoms with Crippen molar-refractivity contribution >= 4 is 5.91 Å². The molecule has 2 saturated carbocycles. The van der Waals surface area contributed by atoms with Gasteiger partial charge in [-0.3, -0.25) is 4.79 Å². The molecule has 3 fully saturated rings. The summed E-state index contributed by atoms with van der Waals surface area (Å²) in [6.07, 6.45) is 6.58. The van der Waals surface area contributed by atoms with Gasteiger partial charge in [0.25, 0.3) is 0 Å². The van der Waals surface area contributed by atoms with E-state index < -0.39 is 0 Å². The Bertz CT molecular complexity index is 595. The van der Waals surface area contributed by atoms with E-state index in [0.29, 0.717) is 17.4 Å². The lowest BCUT2D eigenvalue weighted by Gasteiger charge is -2.55. The summed E-state index contributed by atoms with van der Waals surface area (Å²) in [5, 5.41) is 0. The van der Waals surface area contributed by atoms with E-state index in [4.69, 9.17) is 10.5 Å². The standard InChI is InChI=1S/C20H28N2O2/c1-24-20(16-9-7-15(8-10-16)19(21)23)17-3-2-4-18(20)13-22(12-17)11-14-5-6-14/h7-10,14,17-18H,2-6,11-13H2,1H3,(H2,21,23). The molecule has 4 heteroatoms. The van der Waals surface area contributed by atoms with Crippen molar-refractivity contribution < 1.29 is 9.53 Å². The van der Waals surface area contributed by atoms with Gasteiger partial charge >= 0.3 is 0 Å². The van der Waals surface area contributed by atoms with Crippen LogP contribution in [-0.2, 0) is 10.3 Å². The maximum atomic E-state index is 11.4. The first-order valence-corrected chi connectivity index (χ1v) is 9.31. The van der Waals surface area contributed by atoms with Gasteiger partial charge in [-0.15, -0.1) is 0 Å². The Morgan fingerprint density at radius 1 is 1.17 bits per heavy atom. The number of ether oxygens (including phenoxy) is 1. The van der Waals surface area contributed by atoms with Crippen LogP contribution in [0, 0.1) is 17.8 Å². The summed E-state index contributed by atoms with van der Waals surface area (Å²) in [6.45, 7) is 3.55. The average Bonchev–Trinajstić information content (AvgIpc) is 3.38. The minimum Gasteiger partial charge on any atom is -0.373 e. The van der Waals surface area contributed by atoms with Crippen molar-refractivity contribution in [2.75, 3.05) is 26.7 Å². The third kappa shape index (κ3) is 2.66. The number of amides is 1. The molecule has 0 spiro atoms. The van der Waals surface area contributed by atoms with Crippen molar-refractivity contribution in [1.82, 2.24) is 4.90 Å². The molecule has 2 bridgehead atoms. The van der Waals surface area contributed by atoms with Crippen LogP contribution in [0.5, 0.6) is 0 Å². The lowest BCUT2D eigenvalue weighted by Crippen LogP contribution is -2.59. The van der Waals surface area contributed by atoms with Crippen LogP contribution in [0.1, 0.15) is 48.0 Å². The Kier molecular flexibility index (Phi) is 4.13. The molecule has 4 rings (SSSR count). The molecule has 2 atom stereocenters. The highest BCUT2D eigenvalue weighted by Crippen LogP contribution is 2.51. The highest BCUT2D eigenvalue weighted by molar-refractivity contribution is 5.92. The lowest BCUT2D eigenvalue weighted by atomic mass is 9.62. The Hall–Kier alpha value is -1.39. The number of rotatable bonds is 5. The van der Waals surface area contributed by atoms with Crippen LogP contribution in [-0.4, -0.2) is 37.6 Å². The largest absolute Gasteiger partial charge is 0.373 e. The van der Waals surface area contributed by atoms with Crippen molar-refractivity contribution in [3.8, 4) is 0 Å². The second-order valence-corrected chi connectivity index (χ2v) is 7.93. The summed E-state index contributed by atoms with van der Waals surface area (Å²) in [5.41, 5.74) is 6.98. The van der Waals surface area contributed by atoms with E-state index in [2.05, 4.69) is 17.0 Å². The van der Waals surface area contributed by atoms with Gasteiger partial charge in [-0.1, -0.05) is 18.6 Å². The molecular weight excluding hydrogens is 300 g/mol. The monoisotopic (exact) mass is 328 g/mol. The number of benzene rings is 1. The Balaban J connectivity index is 1.63. The number of carbonyl (C=O) groups is 1. The summed E-state index contributed by atoms with van der Waals surface area (Å²) >= 11 is 0. The second kappa shape index (κ2) is 6.16. The van der Waals surface area contributed by atoms with Gasteiger partial charge in [0.05, 0.1) is 0 Å². The smallest absolute Gasteiger partial charge is 0.248 e. The number of nitrogens with zero attached hydrogens (tertiary/aromatic N) is 1. The van der Waals surface area contributed by atoms with Gasteiger partial charge in [0, 0.05) is 44.1 Å². The summed E-state index contributed by atoms with van der Waals surface area (Å²) in [4.78, 5) is 14.1. The molecule has 1 aromatic carbocycles. The Morgan fingerprint density at radius 3 is 2.29 bits per heavy atom. The molecule has 2 N–H and O–H groups in total. The molecule has 1 amide bonds. The second-order valence-electron chi connectivity index (χ2n) is 7.93. The maximum absolute atomic E-state index is 11.4. The normalized spacial score (nSPS) is 33.4. The van der Waals surface area contributed by atoms with E-state index in [9.17, 15) is 4.79 Å². The molecule has 1 aromatic rings. The number of hydrogen-bond donors (Lipinski definition) is 1. The Morgan fingerprint density at radius 2 is 1.79 bits per heavy atom. The maximum Gasteiger partial charge on any atom is 0.248 e. The zero-order valence-electron chi connectivity index (χ0n) is 14.5. The molecule has 1 heterocycles. The molecule has 24 heavy (non-hydrogen) atoms. The fourth-order valence-corrected chi connectivity index (χ4v) is 5.16. The highest BCUT2D eigenvalue weighted by Gasteiger charge is 2.53. The third-order valence-electron chi connectivity index (χ3n) is 6.45. The predicted octanol–water partition coefficient (Wildman–Crippen LogP) is 2.77. The van der Waals surface area contributed by atoms with E-state index in [0.717, 1.165) is 19.0 Å². The first kappa shape index (κ1) is 16.1. The first-order chi connectivity index (χ1) is 11.6. The van der Waals surface area contributed by atoms with Crippen LogP contribution in [0.25, 0.3) is 0 Å². The van der Waals surface area contributed by atoms with Crippen LogP contribution in [0.3, 0.4) is 0 Å². The summed E-state index contributed by atoms with van der Waals surface area (Å²) in [7, 11) is 1.86. The van der Waals surface area contributed by atoms with E-state index in [1.54, 1.807) is 0 Å². The minimum absolute atomic E-state index is 0.200. The molecule has 3 aliphatic rings. The predicted molar refractivity (Wildman–Crippen MR) is 93.6 cm³/mol. The number of likely N-dealkylation sites (tertiary alicyclic amines) is 1. The van der Waals surface area contributed by atoms with Crippen molar-refractivity contribution in [2.45, 2.75) is 37.7 Å². The molecule has 0 radical (unpaired) electrons. The van der Waals surface area contributed by atoms with Crippen LogP contribution in [0.2, 0.25) is 0 Å². The van der Waals surface area contributed by atoms with Gasteiger partial charge in [0.1, 0.15) is 5.60 Å². The van der Waals surface area contributed by atoms with E-state index in [1.807, 2.05) is 19.2 Å². The third-order valence-corrected chi connectivity index (χ3v) is 6.45. The first-order valence-electron chi connectivity index (χ1n) is 9.31. The highest BCUT2D eigenvalue weighted by atomic mass is 16.5. The van der Waals surface area contributed by atoms with Crippen LogP contribution < -0.4 is 5.73 Å². The van der Waals surface area contributed by atoms with Gasteiger partial charge < -0.3 is 15.4 Å². The van der Waals surface area contributed by atoms with Crippen molar-refractivity contribution in [3.63, 3.8) is 0 Å². The molecule has 2 aliphatic carbocycles. The van der Waals surface area contributed by atoms with E-state index in [1.165, 1.54) is 44.2 Å². The topological polar surface area (TPSA) is 55.6 Å². The molecule has 4 nitrogen and oxygen atoms in total. The number of methoxy groups -OCH3 is 1. The number of fused-ring (bicyclic) bond motifs is 2. The van der Waals surface area contributed by atoms with Crippen LogP contribution in [0.15, 0.2) is 24.3 Å². The van der Waals surface area contributed by atoms with Gasteiger partial charge in [-0.05, 0) is 49.3 Å². The van der Waals surface area contributed by atoms with Gasteiger partial charge in [-0.25, -0.2) is 0 Å². The van der Waals surface area contributed by atoms with Crippen LogP contribution in [0.4, 0.5) is 0 Å². The number of hydrogen-bond acceptors (Lipinski definition) is 3. The SMILES string of the molecule is COC1(c2ccc(C(N)=O)cc2)C2CCCC1CN(CC1CC1)C2. The number of nitrogens with two attached hydrogens (primary N) is 1. The zero-order chi connectivity index (χ0) is 16.7. The summed E-state index contributed by atoms with van der Waals surface area (Å²) < 4.78 is 6.26. The minimum atomic E-state index is -0.368. The van der Waals surface area contributed by atoms with Gasteiger partial charge in [-0.2, -0.15) is 0 Å². The van der Waals surface area contributed by atoms with Crippen molar-refractivity contribution in [3.05, 3.63) is 35.4 Å². The van der Waals surface area contributed by atoms with Crippen molar-refractivity contribution in [2.24, 2.45) is 23.5 Å². The fourth-order valence-electron chi connectivity index (χ4n) is 5.16. The van der Waals surface area contributed by atoms with E-state index in [-0.39, 0.29) is 11.5 Å². The lowest BCUT2D eigenvalue weighted by molar-refractivity contribution is -0.169. The van der Waals surface area contributed by atoms with Crippen LogP contribution >= 0.6 is 0 Å². The summed E-state index contributed by atoms with van der Waals surface area (Å²) in [5.74, 6) is 1.64. The van der Waals surface area contributed by atoms with Gasteiger partial charge in [0.2, 0.25) is 5.91 Å². The molecule has 2 unspecified atom stereocenters. The molecule has 1 aliphatic heterocycles. The van der Waals surface area contributed by atoms with E-state index >= 15 is 0 Å². The number of primary amides is 1.